The molecule has 0 saturated carbocycles. The molecule has 8 heteroatoms. The summed E-state index contributed by atoms with van der Waals surface area (Å²) < 4.78 is 0. The number of nitrogens with one attached hydrogen (secondary N) is 2. The fraction of sp³-hybridized carbons (Fsp3) is 0.368. The van der Waals surface area contributed by atoms with Crippen LogP contribution in [0.5, 0.6) is 0 Å². The molecule has 0 atom stereocenters. The van der Waals surface area contributed by atoms with Gasteiger partial charge in [-0.25, -0.2) is 4.79 Å². The summed E-state index contributed by atoms with van der Waals surface area (Å²) in [6.45, 7) is 0.905. The summed E-state index contributed by atoms with van der Waals surface area (Å²) in [6, 6.07) is 7.80. The van der Waals surface area contributed by atoms with Crippen LogP contribution in [0.25, 0.3) is 0 Å². The molecule has 1 saturated heterocycles. The number of benzene rings is 1. The van der Waals surface area contributed by atoms with Gasteiger partial charge in [0.15, 0.2) is 0 Å². The number of hydrogen-bond donors (Lipinski definition) is 2. The Balaban J connectivity index is 1.51. The average molecular weight is 368 g/mol. The zero-order valence-corrected chi connectivity index (χ0v) is 14.9. The second kappa shape index (κ2) is 6.22. The van der Waals surface area contributed by atoms with Crippen molar-refractivity contribution in [3.05, 3.63) is 62.4 Å². The fourth-order valence-corrected chi connectivity index (χ4v) is 4.18. The van der Waals surface area contributed by atoms with Crippen LogP contribution >= 0.6 is 0 Å². The highest BCUT2D eigenvalue weighted by molar-refractivity contribution is 6.07. The highest BCUT2D eigenvalue weighted by atomic mass is 16.2. The Labute approximate surface area is 154 Å². The number of piperidine rings is 1. The summed E-state index contributed by atoms with van der Waals surface area (Å²) in [5.41, 5.74) is 0.462. The zero-order chi connectivity index (χ0) is 19.2. The lowest BCUT2D eigenvalue weighted by Crippen LogP contribution is -2.50. The third kappa shape index (κ3) is 2.68. The Bertz CT molecular complexity index is 1030. The Morgan fingerprint density at radius 3 is 2.56 bits per heavy atom. The molecule has 0 unspecified atom stereocenters. The van der Waals surface area contributed by atoms with Crippen molar-refractivity contribution in [2.45, 2.75) is 24.7 Å². The summed E-state index contributed by atoms with van der Waals surface area (Å²) in [5, 5.41) is 0. The third-order valence-corrected chi connectivity index (χ3v) is 5.70. The van der Waals surface area contributed by atoms with E-state index in [0.29, 0.717) is 25.9 Å². The van der Waals surface area contributed by atoms with Crippen LogP contribution in [0.15, 0.2) is 40.1 Å². The molecule has 0 radical (unpaired) electrons. The highest BCUT2D eigenvalue weighted by Gasteiger charge is 2.51. The summed E-state index contributed by atoms with van der Waals surface area (Å²) in [4.78, 5) is 56.3. The summed E-state index contributed by atoms with van der Waals surface area (Å²) in [7, 11) is 1.79. The Hall–Kier alpha value is -3.16. The maximum absolute atomic E-state index is 12.9. The molecule has 2 aliphatic rings. The van der Waals surface area contributed by atoms with E-state index in [0.717, 1.165) is 11.3 Å². The molecule has 1 aromatic heterocycles. The number of likely N-dealkylation sites (tertiary alicyclic amines) is 1. The summed E-state index contributed by atoms with van der Waals surface area (Å²) in [6.07, 6.45) is 2.31. The third-order valence-electron chi connectivity index (χ3n) is 5.70. The molecule has 0 aliphatic carbocycles. The number of likely N-dealkylation sites (N-methyl/N-ethyl adjacent to an activating group) is 1. The van der Waals surface area contributed by atoms with E-state index in [2.05, 4.69) is 9.97 Å². The molecule has 140 valence electrons. The van der Waals surface area contributed by atoms with Crippen molar-refractivity contribution in [3.63, 3.8) is 0 Å². The van der Waals surface area contributed by atoms with Crippen LogP contribution in [0.3, 0.4) is 0 Å². The van der Waals surface area contributed by atoms with Crippen molar-refractivity contribution in [1.82, 2.24) is 14.9 Å². The van der Waals surface area contributed by atoms with Gasteiger partial charge in [-0.1, -0.05) is 18.2 Å². The number of fused-ring (bicyclic) bond motifs is 2. The van der Waals surface area contributed by atoms with Crippen LogP contribution in [0.1, 0.15) is 24.0 Å². The second-order valence-electron chi connectivity index (χ2n) is 7.12. The van der Waals surface area contributed by atoms with E-state index in [1.807, 2.05) is 24.3 Å². The maximum Gasteiger partial charge on any atom is 0.325 e. The van der Waals surface area contributed by atoms with E-state index in [9.17, 15) is 19.2 Å². The molecular formula is C19H20N4O4. The molecule has 1 aromatic carbocycles. The Morgan fingerprint density at radius 2 is 1.85 bits per heavy atom. The monoisotopic (exact) mass is 368 g/mol. The van der Waals surface area contributed by atoms with Gasteiger partial charge in [-0.3, -0.25) is 19.4 Å². The first-order chi connectivity index (χ1) is 12.9. The minimum absolute atomic E-state index is 0.0767. The summed E-state index contributed by atoms with van der Waals surface area (Å²) in [5.74, 6) is -0.109. The molecule has 4 rings (SSSR count). The van der Waals surface area contributed by atoms with Crippen LogP contribution in [-0.4, -0.2) is 46.8 Å². The molecule has 0 bridgehead atoms. The number of amides is 2. The van der Waals surface area contributed by atoms with Gasteiger partial charge in [0.1, 0.15) is 0 Å². The number of rotatable bonds is 2. The van der Waals surface area contributed by atoms with E-state index in [4.69, 9.17) is 0 Å². The molecule has 8 nitrogen and oxygen atoms in total. The van der Waals surface area contributed by atoms with Gasteiger partial charge in [0, 0.05) is 37.6 Å². The number of carbonyl (C=O) groups is 2. The van der Waals surface area contributed by atoms with E-state index in [1.54, 1.807) is 16.8 Å². The quantitative estimate of drug-likeness (QED) is 0.786. The van der Waals surface area contributed by atoms with Crippen molar-refractivity contribution in [2.24, 2.45) is 0 Å². The number of aromatic amines is 2. The Kier molecular flexibility index (Phi) is 3.98. The first-order valence-corrected chi connectivity index (χ1v) is 8.89. The van der Waals surface area contributed by atoms with Gasteiger partial charge >= 0.3 is 5.69 Å². The minimum Gasteiger partial charge on any atom is -0.342 e. The minimum atomic E-state index is -0.598. The van der Waals surface area contributed by atoms with Crippen molar-refractivity contribution >= 4 is 17.5 Å². The van der Waals surface area contributed by atoms with Crippen LogP contribution in [-0.2, 0) is 21.4 Å². The van der Waals surface area contributed by atoms with Crippen molar-refractivity contribution in [2.75, 3.05) is 25.0 Å². The van der Waals surface area contributed by atoms with E-state index in [1.165, 1.54) is 6.20 Å². The topological polar surface area (TPSA) is 106 Å². The first-order valence-electron chi connectivity index (χ1n) is 8.89. The number of nitrogens with zero attached hydrogens (tertiary/aromatic N) is 2. The van der Waals surface area contributed by atoms with Gasteiger partial charge in [0.2, 0.25) is 11.8 Å². The average Bonchev–Trinajstić information content (AvgIpc) is 2.87. The first kappa shape index (κ1) is 17.3. The van der Waals surface area contributed by atoms with Crippen LogP contribution in [0.2, 0.25) is 0 Å². The number of carbonyl (C=O) groups excluding carboxylic acids is 2. The number of hydrogen-bond acceptors (Lipinski definition) is 4. The Morgan fingerprint density at radius 1 is 1.15 bits per heavy atom. The van der Waals surface area contributed by atoms with Gasteiger partial charge in [0.25, 0.3) is 5.56 Å². The fourth-order valence-electron chi connectivity index (χ4n) is 4.18. The maximum atomic E-state index is 12.9. The smallest absolute Gasteiger partial charge is 0.325 e. The van der Waals surface area contributed by atoms with Gasteiger partial charge in [-0.15, -0.1) is 0 Å². The zero-order valence-electron chi connectivity index (χ0n) is 14.9. The predicted octanol–water partition coefficient (Wildman–Crippen LogP) is 0.143. The van der Waals surface area contributed by atoms with Gasteiger partial charge < -0.3 is 14.8 Å². The molecule has 2 N–H and O–H groups in total. The normalized spacial score (nSPS) is 18.0. The molecule has 3 heterocycles. The summed E-state index contributed by atoms with van der Waals surface area (Å²) >= 11 is 0. The van der Waals surface area contributed by atoms with Crippen LogP contribution in [0, 0.1) is 0 Å². The van der Waals surface area contributed by atoms with E-state index < -0.39 is 16.7 Å². The van der Waals surface area contributed by atoms with E-state index in [-0.39, 0.29) is 23.8 Å². The predicted molar refractivity (Wildman–Crippen MR) is 98.7 cm³/mol. The lowest BCUT2D eigenvalue weighted by atomic mass is 9.73. The molecule has 27 heavy (non-hydrogen) atoms. The van der Waals surface area contributed by atoms with Gasteiger partial charge in [-0.2, -0.15) is 0 Å². The second-order valence-corrected chi connectivity index (χ2v) is 7.12. The van der Waals surface area contributed by atoms with Crippen molar-refractivity contribution in [3.8, 4) is 0 Å². The van der Waals surface area contributed by atoms with E-state index >= 15 is 0 Å². The number of para-hydroxylation sites is 1. The lowest BCUT2D eigenvalue weighted by Gasteiger charge is -2.38. The molecule has 1 spiro atoms. The molecule has 2 aliphatic heterocycles. The van der Waals surface area contributed by atoms with Crippen molar-refractivity contribution < 1.29 is 9.59 Å². The molecule has 2 aromatic rings. The number of anilines is 1. The van der Waals surface area contributed by atoms with Crippen LogP contribution < -0.4 is 16.1 Å². The standard InChI is InChI=1S/C19H20N4O4/c1-22-14-5-3-2-4-13(14)19(17(22)26)6-8-23(9-7-19)15(24)10-12-11-20-18(27)21-16(12)25/h2-5,11H,6-10H2,1H3,(H2,20,21,25,27). The molecular weight excluding hydrogens is 348 g/mol. The lowest BCUT2D eigenvalue weighted by molar-refractivity contribution is -0.135. The van der Waals surface area contributed by atoms with Crippen LogP contribution in [0.4, 0.5) is 5.69 Å². The molecule has 1 fully saturated rings. The van der Waals surface area contributed by atoms with Crippen molar-refractivity contribution in [1.29, 1.82) is 0 Å². The SMILES string of the molecule is CN1C(=O)C2(CCN(C(=O)Cc3c[nH]c(=O)[nH]c3=O)CC2)c2ccccc21. The largest absolute Gasteiger partial charge is 0.342 e. The van der Waals surface area contributed by atoms with Gasteiger partial charge in [-0.05, 0) is 24.5 Å². The number of aromatic nitrogens is 2. The number of H-pyrrole nitrogens is 2. The van der Waals surface area contributed by atoms with Gasteiger partial charge in [0.05, 0.1) is 11.8 Å². The molecule has 2 amide bonds. The highest BCUT2D eigenvalue weighted by Crippen LogP contribution is 2.47.